The van der Waals surface area contributed by atoms with Crippen LogP contribution in [0.4, 0.5) is 18.9 Å². The number of hydrogen-bond acceptors (Lipinski definition) is 8. The van der Waals surface area contributed by atoms with Gasteiger partial charge in [0, 0.05) is 29.4 Å². The van der Waals surface area contributed by atoms with Crippen molar-refractivity contribution in [3.05, 3.63) is 85.1 Å². The smallest absolute Gasteiger partial charge is 0.490 e. The second-order valence-electron chi connectivity index (χ2n) is 8.76. The Hall–Kier alpha value is -5.43. The summed E-state index contributed by atoms with van der Waals surface area (Å²) in [6, 6.07) is 16.7. The highest BCUT2D eigenvalue weighted by Gasteiger charge is 2.38. The monoisotopic (exact) mass is 613 g/mol. The Bertz CT molecular complexity index is 1900. The average molecular weight is 614 g/mol. The summed E-state index contributed by atoms with van der Waals surface area (Å²) in [7, 11) is -2.37. The molecular formula is C27H22F3N7O5S. The maximum atomic E-state index is 13.1. The van der Waals surface area contributed by atoms with Crippen LogP contribution < -0.4 is 9.46 Å². The van der Waals surface area contributed by atoms with Crippen molar-refractivity contribution >= 4 is 32.7 Å². The molecule has 1 atom stereocenters. The number of sulfonamides is 1. The van der Waals surface area contributed by atoms with Crippen molar-refractivity contribution in [2.75, 3.05) is 11.8 Å². The zero-order chi connectivity index (χ0) is 31.2. The van der Waals surface area contributed by atoms with E-state index in [0.717, 1.165) is 10.9 Å². The minimum atomic E-state index is -5.08. The van der Waals surface area contributed by atoms with Crippen LogP contribution >= 0.6 is 0 Å². The lowest BCUT2D eigenvalue weighted by molar-refractivity contribution is -0.192. The number of aromatic amines is 1. The molecule has 3 heterocycles. The number of carbonyl (C=O) groups is 1. The van der Waals surface area contributed by atoms with E-state index in [-0.39, 0.29) is 11.3 Å². The van der Waals surface area contributed by atoms with Gasteiger partial charge in [-0.25, -0.2) is 23.2 Å². The van der Waals surface area contributed by atoms with Gasteiger partial charge in [0.2, 0.25) is 0 Å². The molecule has 5 aromatic rings. The summed E-state index contributed by atoms with van der Waals surface area (Å²) >= 11 is 0. The Labute approximate surface area is 242 Å². The van der Waals surface area contributed by atoms with Crippen molar-refractivity contribution in [3.8, 4) is 23.1 Å². The number of anilines is 1. The summed E-state index contributed by atoms with van der Waals surface area (Å²) in [5.74, 6) is -2.22. The topological polar surface area (TPSA) is 176 Å². The number of hydrogen-bond donors (Lipinski definition) is 3. The first kappa shape index (κ1) is 30.5. The van der Waals surface area contributed by atoms with Crippen molar-refractivity contribution in [1.29, 1.82) is 5.26 Å². The van der Waals surface area contributed by atoms with Gasteiger partial charge in [0.15, 0.2) is 0 Å². The second-order valence-corrected chi connectivity index (χ2v) is 10.4. The number of carboxylic acid groups (broad SMARTS) is 1. The number of aromatic nitrogens is 5. The molecule has 0 radical (unpaired) electrons. The van der Waals surface area contributed by atoms with E-state index in [1.54, 1.807) is 65.7 Å². The third kappa shape index (κ3) is 7.26. The first-order valence-corrected chi connectivity index (χ1v) is 13.7. The zero-order valence-electron chi connectivity index (χ0n) is 22.1. The molecule has 0 aliphatic carbocycles. The van der Waals surface area contributed by atoms with Crippen molar-refractivity contribution in [2.24, 2.45) is 0 Å². The third-order valence-electron chi connectivity index (χ3n) is 5.95. The minimum absolute atomic E-state index is 0.0722. The quantitative estimate of drug-likeness (QED) is 0.223. The Morgan fingerprint density at radius 2 is 1.93 bits per heavy atom. The Balaban J connectivity index is 0.000000541. The number of aliphatic carboxylic acids is 1. The number of alkyl halides is 3. The molecule has 1 unspecified atom stereocenters. The molecule has 5 rings (SSSR count). The summed E-state index contributed by atoms with van der Waals surface area (Å²) < 4.78 is 67.3. The van der Waals surface area contributed by atoms with E-state index >= 15 is 0 Å². The molecule has 0 saturated carbocycles. The number of fused-ring (bicyclic) bond motifs is 1. The van der Waals surface area contributed by atoms with Crippen LogP contribution in [0.3, 0.4) is 0 Å². The molecule has 2 aromatic carbocycles. The number of nitrogens with zero attached hydrogens (tertiary/aromatic N) is 5. The number of ether oxygens (including phenoxy) is 1. The molecule has 3 N–H and O–H groups in total. The molecule has 43 heavy (non-hydrogen) atoms. The SMILES string of the molecule is COc1cccc(NS(=O)(=O)c2cccc(C(CC#N)n3cc(-c4ncnc5[nH]ccc45)cn3)c2)c1.O=C(O)C(F)(F)F. The average Bonchev–Trinajstić information content (AvgIpc) is 3.66. The van der Waals surface area contributed by atoms with Gasteiger partial charge in [-0.2, -0.15) is 23.5 Å². The van der Waals surface area contributed by atoms with Gasteiger partial charge in [0.25, 0.3) is 10.0 Å². The summed E-state index contributed by atoms with van der Waals surface area (Å²) in [6.07, 6.45) is 1.74. The fraction of sp³-hybridized carbons (Fsp3) is 0.148. The summed E-state index contributed by atoms with van der Waals surface area (Å²) in [4.78, 5) is 20.6. The van der Waals surface area contributed by atoms with Gasteiger partial charge in [0.1, 0.15) is 17.7 Å². The van der Waals surface area contributed by atoms with E-state index in [4.69, 9.17) is 14.6 Å². The molecule has 0 amide bonds. The zero-order valence-corrected chi connectivity index (χ0v) is 23.0. The van der Waals surface area contributed by atoms with E-state index in [1.807, 2.05) is 6.07 Å². The van der Waals surface area contributed by atoms with Crippen LogP contribution in [0.15, 0.2) is 84.4 Å². The third-order valence-corrected chi connectivity index (χ3v) is 7.33. The molecule has 0 spiro atoms. The number of methoxy groups -OCH3 is 1. The lowest BCUT2D eigenvalue weighted by atomic mass is 10.0. The van der Waals surface area contributed by atoms with Crippen LogP contribution in [-0.2, 0) is 14.8 Å². The summed E-state index contributed by atoms with van der Waals surface area (Å²) in [5.41, 5.74) is 3.19. The van der Waals surface area contributed by atoms with Crippen LogP contribution in [0, 0.1) is 11.3 Å². The Morgan fingerprint density at radius 3 is 2.63 bits per heavy atom. The van der Waals surface area contributed by atoms with Gasteiger partial charge in [-0.15, -0.1) is 0 Å². The van der Waals surface area contributed by atoms with Crippen molar-refractivity contribution < 1.29 is 36.2 Å². The van der Waals surface area contributed by atoms with Gasteiger partial charge in [-0.1, -0.05) is 18.2 Å². The van der Waals surface area contributed by atoms with Crippen LogP contribution in [0.25, 0.3) is 22.3 Å². The standard InChI is InChI=1S/C25H21N7O3S.C2HF3O2/c1-35-20-6-3-5-19(13-20)31-36(33,34)21-7-2-4-17(12-21)23(8-10-26)32-15-18(14-30-32)24-22-9-11-27-25(22)29-16-28-24;3-2(4,5)1(6)7/h2-7,9,11-16,23,31H,8H2,1H3,(H,27,28,29);(H,6,7). The molecule has 3 aromatic heterocycles. The Morgan fingerprint density at radius 1 is 1.19 bits per heavy atom. The molecule has 16 heteroatoms. The van der Waals surface area contributed by atoms with E-state index in [1.165, 1.54) is 19.5 Å². The number of halogens is 3. The van der Waals surface area contributed by atoms with E-state index < -0.39 is 28.2 Å². The van der Waals surface area contributed by atoms with E-state index in [2.05, 4.69) is 30.8 Å². The molecule has 12 nitrogen and oxygen atoms in total. The van der Waals surface area contributed by atoms with Crippen LogP contribution in [0.2, 0.25) is 0 Å². The predicted octanol–water partition coefficient (Wildman–Crippen LogP) is 4.77. The van der Waals surface area contributed by atoms with E-state index in [9.17, 15) is 26.9 Å². The van der Waals surface area contributed by atoms with Crippen LogP contribution in [-0.4, -0.2) is 57.5 Å². The number of nitriles is 1. The molecule has 0 aliphatic heterocycles. The molecular weight excluding hydrogens is 591 g/mol. The highest BCUT2D eigenvalue weighted by molar-refractivity contribution is 7.92. The maximum Gasteiger partial charge on any atom is 0.490 e. The fourth-order valence-corrected chi connectivity index (χ4v) is 5.08. The number of carboxylic acids is 1. The molecule has 0 fully saturated rings. The lowest BCUT2D eigenvalue weighted by Gasteiger charge is -2.16. The second kappa shape index (κ2) is 12.6. The van der Waals surface area contributed by atoms with Crippen LogP contribution in [0.1, 0.15) is 18.0 Å². The number of nitrogens with one attached hydrogen (secondary N) is 2. The first-order valence-electron chi connectivity index (χ1n) is 12.2. The summed E-state index contributed by atoms with van der Waals surface area (Å²) in [6.45, 7) is 0. The molecule has 222 valence electrons. The first-order chi connectivity index (χ1) is 20.4. The van der Waals surface area contributed by atoms with Gasteiger partial charge in [0.05, 0.1) is 48.1 Å². The van der Waals surface area contributed by atoms with E-state index in [0.29, 0.717) is 28.3 Å². The number of H-pyrrole nitrogens is 1. The highest BCUT2D eigenvalue weighted by atomic mass is 32.2. The van der Waals surface area contributed by atoms with Gasteiger partial charge >= 0.3 is 12.1 Å². The summed E-state index contributed by atoms with van der Waals surface area (Å²) in [5, 5.41) is 22.0. The normalized spacial score (nSPS) is 12.1. The molecule has 0 aliphatic rings. The number of rotatable bonds is 8. The maximum absolute atomic E-state index is 13.1. The van der Waals surface area contributed by atoms with Crippen molar-refractivity contribution in [1.82, 2.24) is 24.7 Å². The fourth-order valence-electron chi connectivity index (χ4n) is 3.97. The van der Waals surface area contributed by atoms with Gasteiger partial charge in [-0.05, 0) is 35.9 Å². The molecule has 0 saturated heterocycles. The van der Waals surface area contributed by atoms with Crippen molar-refractivity contribution in [3.63, 3.8) is 0 Å². The van der Waals surface area contributed by atoms with Crippen molar-refractivity contribution in [2.45, 2.75) is 23.5 Å². The Kier molecular flexibility index (Phi) is 8.95. The predicted molar refractivity (Wildman–Crippen MR) is 147 cm³/mol. The number of benzene rings is 2. The molecule has 0 bridgehead atoms. The van der Waals surface area contributed by atoms with Gasteiger partial charge in [-0.3, -0.25) is 9.40 Å². The van der Waals surface area contributed by atoms with Crippen LogP contribution in [0.5, 0.6) is 5.75 Å². The largest absolute Gasteiger partial charge is 0.497 e. The van der Waals surface area contributed by atoms with Gasteiger partial charge < -0.3 is 14.8 Å². The lowest BCUT2D eigenvalue weighted by Crippen LogP contribution is -2.21. The highest BCUT2D eigenvalue weighted by Crippen LogP contribution is 2.29. The minimum Gasteiger partial charge on any atom is -0.497 e.